The fourth-order valence-corrected chi connectivity index (χ4v) is 4.61. The third kappa shape index (κ3) is 5.49. The maximum Gasteiger partial charge on any atom is 0.417 e. The zero-order valence-electron chi connectivity index (χ0n) is 19.5. The van der Waals surface area contributed by atoms with E-state index in [9.17, 15) is 22.4 Å². The molecule has 0 radical (unpaired) electrons. The fraction of sp³-hybridized carbons (Fsp3) is 0.385. The molecule has 184 valence electrons. The highest BCUT2D eigenvalue weighted by molar-refractivity contribution is 6.00. The molecule has 0 bridgehead atoms. The van der Waals surface area contributed by atoms with E-state index in [1.54, 1.807) is 17.9 Å². The number of piperidine rings is 1. The van der Waals surface area contributed by atoms with Crippen LogP contribution in [0.2, 0.25) is 0 Å². The summed E-state index contributed by atoms with van der Waals surface area (Å²) in [6, 6.07) is 6.77. The second-order valence-electron chi connectivity index (χ2n) is 8.98. The normalized spacial score (nSPS) is 18.5. The van der Waals surface area contributed by atoms with Gasteiger partial charge in [0.2, 0.25) is 0 Å². The predicted molar refractivity (Wildman–Crippen MR) is 123 cm³/mol. The van der Waals surface area contributed by atoms with Crippen LogP contribution in [0.5, 0.6) is 0 Å². The molecule has 1 fully saturated rings. The molecule has 0 saturated carbocycles. The van der Waals surface area contributed by atoms with Crippen LogP contribution in [-0.2, 0) is 12.6 Å². The molecule has 4 rings (SSSR count). The molecule has 0 spiro atoms. The first-order chi connectivity index (χ1) is 16.6. The van der Waals surface area contributed by atoms with Gasteiger partial charge < -0.3 is 4.90 Å². The molecular weight excluding hydrogens is 460 g/mol. The minimum atomic E-state index is -4.43. The third-order valence-corrected chi connectivity index (χ3v) is 6.56. The van der Waals surface area contributed by atoms with E-state index >= 15 is 0 Å². The van der Waals surface area contributed by atoms with Crippen molar-refractivity contribution in [2.75, 3.05) is 6.54 Å². The summed E-state index contributed by atoms with van der Waals surface area (Å²) < 4.78 is 53.0. The molecule has 1 amide bonds. The minimum absolute atomic E-state index is 0.129. The molecule has 3 aromatic rings. The molecule has 1 aliphatic rings. The summed E-state index contributed by atoms with van der Waals surface area (Å²) in [6.45, 7) is 4.22. The van der Waals surface area contributed by atoms with E-state index in [-0.39, 0.29) is 23.7 Å². The maximum absolute atomic E-state index is 14.4. The number of hydrogen-bond donors (Lipinski definition) is 0. The molecule has 9 heteroatoms. The van der Waals surface area contributed by atoms with Gasteiger partial charge in [0.05, 0.1) is 11.1 Å². The monoisotopic (exact) mass is 486 g/mol. The first-order valence-corrected chi connectivity index (χ1v) is 11.6. The number of halogens is 4. The molecule has 35 heavy (non-hydrogen) atoms. The van der Waals surface area contributed by atoms with E-state index in [1.165, 1.54) is 30.6 Å². The number of amides is 1. The molecule has 3 heterocycles. The largest absolute Gasteiger partial charge is 0.417 e. The molecule has 2 atom stereocenters. The van der Waals surface area contributed by atoms with Crippen molar-refractivity contribution in [1.29, 1.82) is 0 Å². The van der Waals surface area contributed by atoms with Crippen LogP contribution in [0.1, 0.15) is 53.4 Å². The quantitative estimate of drug-likeness (QED) is 0.423. The fourth-order valence-electron chi connectivity index (χ4n) is 4.61. The van der Waals surface area contributed by atoms with Gasteiger partial charge in [-0.25, -0.2) is 14.4 Å². The smallest absolute Gasteiger partial charge is 0.335 e. The van der Waals surface area contributed by atoms with E-state index in [1.807, 2.05) is 0 Å². The molecule has 1 aliphatic heterocycles. The van der Waals surface area contributed by atoms with Gasteiger partial charge in [0.25, 0.3) is 5.91 Å². The van der Waals surface area contributed by atoms with E-state index < -0.39 is 17.6 Å². The lowest BCUT2D eigenvalue weighted by Crippen LogP contribution is -2.48. The molecule has 2 aromatic heterocycles. The molecular formula is C26H26F4N4O. The lowest BCUT2D eigenvalue weighted by atomic mass is 9.86. The zero-order valence-corrected chi connectivity index (χ0v) is 19.5. The Morgan fingerprint density at radius 1 is 1.14 bits per heavy atom. The van der Waals surface area contributed by atoms with Crippen LogP contribution in [0.4, 0.5) is 17.6 Å². The number of alkyl halides is 3. The summed E-state index contributed by atoms with van der Waals surface area (Å²) >= 11 is 0. The van der Waals surface area contributed by atoms with Gasteiger partial charge >= 0.3 is 6.18 Å². The molecule has 0 N–H and O–H groups in total. The Morgan fingerprint density at radius 2 is 1.89 bits per heavy atom. The van der Waals surface area contributed by atoms with Crippen LogP contribution in [0.3, 0.4) is 0 Å². The molecule has 5 nitrogen and oxygen atoms in total. The van der Waals surface area contributed by atoms with Gasteiger partial charge in [-0.15, -0.1) is 0 Å². The Kier molecular flexibility index (Phi) is 7.14. The second kappa shape index (κ2) is 10.1. The number of aryl methyl sites for hydroxylation is 2. The van der Waals surface area contributed by atoms with Crippen LogP contribution in [0.25, 0.3) is 11.4 Å². The van der Waals surface area contributed by atoms with Gasteiger partial charge in [-0.1, -0.05) is 6.92 Å². The topological polar surface area (TPSA) is 59.0 Å². The summed E-state index contributed by atoms with van der Waals surface area (Å²) in [5, 5.41) is 0. The van der Waals surface area contributed by atoms with Crippen LogP contribution in [0.15, 0.2) is 48.9 Å². The first kappa shape index (κ1) is 24.8. The van der Waals surface area contributed by atoms with Gasteiger partial charge in [0.15, 0.2) is 5.82 Å². The van der Waals surface area contributed by atoms with Crippen molar-refractivity contribution in [1.82, 2.24) is 19.9 Å². The van der Waals surface area contributed by atoms with Gasteiger partial charge in [0, 0.05) is 42.4 Å². The summed E-state index contributed by atoms with van der Waals surface area (Å²) in [5.74, 6) is -0.209. The molecule has 0 unspecified atom stereocenters. The van der Waals surface area contributed by atoms with Crippen molar-refractivity contribution < 1.29 is 22.4 Å². The second-order valence-corrected chi connectivity index (χ2v) is 8.98. The SMILES string of the molecule is Cc1cc(C(=O)N2CCC[C@@H](C)[C@H]2CCc2ccc(C(F)(F)F)cn2)c(-c2ncccn2)cc1F. The van der Waals surface area contributed by atoms with Crippen molar-refractivity contribution >= 4 is 5.91 Å². The Balaban J connectivity index is 1.60. The Morgan fingerprint density at radius 3 is 2.54 bits per heavy atom. The first-order valence-electron chi connectivity index (χ1n) is 11.6. The van der Waals surface area contributed by atoms with Crippen LogP contribution in [0, 0.1) is 18.7 Å². The summed E-state index contributed by atoms with van der Waals surface area (Å²) in [4.78, 5) is 28.0. The van der Waals surface area contributed by atoms with E-state index in [2.05, 4.69) is 21.9 Å². The van der Waals surface area contributed by atoms with Gasteiger partial charge in [0.1, 0.15) is 5.82 Å². The predicted octanol–water partition coefficient (Wildman–Crippen LogP) is 5.88. The van der Waals surface area contributed by atoms with E-state index in [0.717, 1.165) is 25.1 Å². The van der Waals surface area contributed by atoms with Crippen LogP contribution in [-0.4, -0.2) is 38.3 Å². The number of rotatable bonds is 5. The number of pyridine rings is 1. The maximum atomic E-state index is 14.4. The Bertz CT molecular complexity index is 1180. The van der Waals surface area contributed by atoms with Gasteiger partial charge in [-0.05, 0) is 74.4 Å². The number of hydrogen-bond acceptors (Lipinski definition) is 4. The standard InChI is InChI=1S/C26H26F4N4O/c1-16-5-3-12-34(23(16)9-8-19-7-6-18(15-33-19)26(28,29)30)25(35)21-13-17(2)22(27)14-20(21)24-31-10-4-11-32-24/h4,6-7,10-11,13-16,23H,3,5,8-9,12H2,1-2H3/t16-,23-/m1/s1. The lowest BCUT2D eigenvalue weighted by Gasteiger charge is -2.40. The van der Waals surface area contributed by atoms with Crippen molar-refractivity contribution in [3.05, 3.63) is 77.1 Å². The highest BCUT2D eigenvalue weighted by Gasteiger charge is 2.34. The Labute approximate surface area is 201 Å². The highest BCUT2D eigenvalue weighted by Crippen LogP contribution is 2.32. The van der Waals surface area contributed by atoms with E-state index in [0.29, 0.717) is 41.8 Å². The highest BCUT2D eigenvalue weighted by atomic mass is 19.4. The molecule has 1 saturated heterocycles. The average Bonchev–Trinajstić information content (AvgIpc) is 2.84. The van der Waals surface area contributed by atoms with E-state index in [4.69, 9.17) is 0 Å². The van der Waals surface area contributed by atoms with Crippen LogP contribution < -0.4 is 0 Å². The summed E-state index contributed by atoms with van der Waals surface area (Å²) in [5.41, 5.74) is 0.774. The van der Waals surface area contributed by atoms with Crippen molar-refractivity contribution in [2.24, 2.45) is 5.92 Å². The zero-order chi connectivity index (χ0) is 25.2. The summed E-state index contributed by atoms with van der Waals surface area (Å²) in [7, 11) is 0. The number of benzene rings is 1. The van der Waals surface area contributed by atoms with Gasteiger partial charge in [-0.2, -0.15) is 13.2 Å². The van der Waals surface area contributed by atoms with Crippen molar-refractivity contribution in [3.63, 3.8) is 0 Å². The number of likely N-dealkylation sites (tertiary alicyclic amines) is 1. The molecule has 1 aromatic carbocycles. The van der Waals surface area contributed by atoms with Crippen molar-refractivity contribution in [2.45, 2.75) is 51.7 Å². The van der Waals surface area contributed by atoms with Gasteiger partial charge in [-0.3, -0.25) is 9.78 Å². The van der Waals surface area contributed by atoms with Crippen LogP contribution >= 0.6 is 0 Å². The number of nitrogens with zero attached hydrogens (tertiary/aromatic N) is 4. The molecule has 0 aliphatic carbocycles. The minimum Gasteiger partial charge on any atom is -0.335 e. The number of carbonyl (C=O) groups is 1. The number of carbonyl (C=O) groups excluding carboxylic acids is 1. The third-order valence-electron chi connectivity index (χ3n) is 6.56. The summed E-state index contributed by atoms with van der Waals surface area (Å²) in [6.07, 6.45) is 2.26. The number of aromatic nitrogens is 3. The average molecular weight is 487 g/mol. The lowest BCUT2D eigenvalue weighted by molar-refractivity contribution is -0.137. The van der Waals surface area contributed by atoms with Crippen molar-refractivity contribution in [3.8, 4) is 11.4 Å². The Hall–Kier alpha value is -3.36.